The van der Waals surface area contributed by atoms with E-state index in [1.54, 1.807) is 14.2 Å². The predicted molar refractivity (Wildman–Crippen MR) is 83.9 cm³/mol. The Morgan fingerprint density at radius 2 is 1.86 bits per heavy atom. The van der Waals surface area contributed by atoms with E-state index in [0.29, 0.717) is 37.4 Å². The second-order valence-corrected chi connectivity index (χ2v) is 4.53. The van der Waals surface area contributed by atoms with Gasteiger partial charge in [0.25, 0.3) is 0 Å². The third-order valence-electron chi connectivity index (χ3n) is 3.01. The molecule has 3 N–H and O–H groups in total. The number of aliphatic hydroxyl groups is 1. The van der Waals surface area contributed by atoms with E-state index >= 15 is 0 Å². The van der Waals surface area contributed by atoms with Crippen molar-refractivity contribution in [3.63, 3.8) is 0 Å². The lowest BCUT2D eigenvalue weighted by atomic mass is 10.3. The molecule has 0 amide bonds. The maximum atomic E-state index is 9.61. The molecule has 1 aromatic rings. The molecule has 21 heavy (non-hydrogen) atoms. The summed E-state index contributed by atoms with van der Waals surface area (Å²) >= 11 is 0. The number of methoxy groups -OCH3 is 1. The fourth-order valence-corrected chi connectivity index (χ4v) is 1.83. The minimum atomic E-state index is -0.490. The number of hydrogen-bond acceptors (Lipinski definition) is 8. The maximum absolute atomic E-state index is 9.61. The van der Waals surface area contributed by atoms with Crippen LogP contribution < -0.4 is 15.5 Å². The molecule has 0 bridgehead atoms. The first kappa shape index (κ1) is 17.4. The van der Waals surface area contributed by atoms with Crippen LogP contribution in [-0.2, 0) is 4.74 Å². The zero-order chi connectivity index (χ0) is 15.7. The van der Waals surface area contributed by atoms with Crippen molar-refractivity contribution >= 4 is 17.8 Å². The van der Waals surface area contributed by atoms with E-state index in [-0.39, 0.29) is 0 Å². The first-order chi connectivity index (χ1) is 10.1. The number of rotatable bonds is 10. The molecule has 120 valence electrons. The molecule has 1 unspecified atom stereocenters. The van der Waals surface area contributed by atoms with Crippen molar-refractivity contribution in [2.24, 2.45) is 0 Å². The second kappa shape index (κ2) is 9.30. The molecule has 0 aliphatic carbocycles. The van der Waals surface area contributed by atoms with Crippen LogP contribution in [0.4, 0.5) is 17.8 Å². The van der Waals surface area contributed by atoms with Gasteiger partial charge in [-0.2, -0.15) is 15.0 Å². The highest BCUT2D eigenvalue weighted by atomic mass is 16.5. The van der Waals surface area contributed by atoms with Gasteiger partial charge in [0.15, 0.2) is 0 Å². The van der Waals surface area contributed by atoms with Crippen molar-refractivity contribution in [2.45, 2.75) is 26.4 Å². The molecule has 1 aromatic heterocycles. The van der Waals surface area contributed by atoms with Gasteiger partial charge in [0.2, 0.25) is 17.8 Å². The Morgan fingerprint density at radius 1 is 1.19 bits per heavy atom. The summed E-state index contributed by atoms with van der Waals surface area (Å²) in [5, 5.41) is 15.6. The van der Waals surface area contributed by atoms with Crippen LogP contribution >= 0.6 is 0 Å². The van der Waals surface area contributed by atoms with Gasteiger partial charge in [-0.3, -0.25) is 0 Å². The lowest BCUT2D eigenvalue weighted by Gasteiger charge is -2.19. The van der Waals surface area contributed by atoms with Crippen molar-refractivity contribution in [3.8, 4) is 0 Å². The Morgan fingerprint density at radius 3 is 2.43 bits per heavy atom. The minimum Gasteiger partial charge on any atom is -0.391 e. The minimum absolute atomic E-state index is 0.325. The average Bonchev–Trinajstić information content (AvgIpc) is 2.48. The molecule has 0 aliphatic heterocycles. The molecular weight excluding hydrogens is 272 g/mol. The van der Waals surface area contributed by atoms with Crippen LogP contribution in [0.2, 0.25) is 0 Å². The average molecular weight is 298 g/mol. The zero-order valence-electron chi connectivity index (χ0n) is 13.3. The number of aromatic nitrogens is 3. The molecule has 0 aromatic carbocycles. The fourth-order valence-electron chi connectivity index (χ4n) is 1.83. The Labute approximate surface area is 126 Å². The van der Waals surface area contributed by atoms with Gasteiger partial charge in [0, 0.05) is 33.8 Å². The molecule has 0 radical (unpaired) electrons. The van der Waals surface area contributed by atoms with E-state index in [2.05, 4.69) is 39.4 Å². The highest BCUT2D eigenvalue weighted by molar-refractivity contribution is 5.43. The van der Waals surface area contributed by atoms with E-state index in [9.17, 15) is 5.11 Å². The molecule has 1 heterocycles. The molecule has 8 nitrogen and oxygen atoms in total. The lowest BCUT2D eigenvalue weighted by Crippen LogP contribution is -2.25. The summed E-state index contributed by atoms with van der Waals surface area (Å²) in [5.41, 5.74) is 0. The zero-order valence-corrected chi connectivity index (χ0v) is 13.3. The van der Waals surface area contributed by atoms with E-state index in [4.69, 9.17) is 4.74 Å². The molecule has 1 atom stereocenters. The Bertz CT molecular complexity index is 414. The maximum Gasteiger partial charge on any atom is 0.231 e. The van der Waals surface area contributed by atoms with Gasteiger partial charge >= 0.3 is 0 Å². The van der Waals surface area contributed by atoms with Crippen molar-refractivity contribution in [3.05, 3.63) is 0 Å². The lowest BCUT2D eigenvalue weighted by molar-refractivity contribution is 0.0615. The predicted octanol–water partition coefficient (Wildman–Crippen LogP) is 0.569. The standard InChI is InChI=1S/C13H26N6O2/c1-5-19(6-2)13-17-11(14-3)16-12(18-13)15-8-7-10(20)9-21-4/h10,20H,5-9H2,1-4H3,(H2,14,15,16,17,18). The van der Waals surface area contributed by atoms with Crippen LogP contribution in [0.15, 0.2) is 0 Å². The van der Waals surface area contributed by atoms with E-state index in [0.717, 1.165) is 13.1 Å². The molecule has 0 spiro atoms. The van der Waals surface area contributed by atoms with Gasteiger partial charge in [-0.25, -0.2) is 0 Å². The summed E-state index contributed by atoms with van der Waals surface area (Å²) < 4.78 is 4.89. The number of ether oxygens (including phenoxy) is 1. The van der Waals surface area contributed by atoms with Crippen LogP contribution in [-0.4, -0.2) is 66.6 Å². The molecule has 0 saturated carbocycles. The van der Waals surface area contributed by atoms with Crippen LogP contribution in [0.1, 0.15) is 20.3 Å². The quantitative estimate of drug-likeness (QED) is 0.577. The van der Waals surface area contributed by atoms with Gasteiger partial charge in [-0.05, 0) is 20.3 Å². The van der Waals surface area contributed by atoms with Crippen LogP contribution in [0.3, 0.4) is 0 Å². The summed E-state index contributed by atoms with van der Waals surface area (Å²) in [4.78, 5) is 15.1. The Hall–Kier alpha value is -1.67. The van der Waals surface area contributed by atoms with Crippen LogP contribution in [0.25, 0.3) is 0 Å². The molecular formula is C13H26N6O2. The number of hydrogen-bond donors (Lipinski definition) is 3. The molecule has 1 rings (SSSR count). The van der Waals surface area contributed by atoms with E-state index in [1.165, 1.54) is 0 Å². The first-order valence-electron chi connectivity index (χ1n) is 7.24. The number of anilines is 3. The Kier molecular flexibility index (Phi) is 7.70. The normalized spacial score (nSPS) is 12.0. The van der Waals surface area contributed by atoms with Gasteiger partial charge in [0.1, 0.15) is 0 Å². The highest BCUT2D eigenvalue weighted by Gasteiger charge is 2.11. The van der Waals surface area contributed by atoms with Crippen molar-refractivity contribution < 1.29 is 9.84 Å². The second-order valence-electron chi connectivity index (χ2n) is 4.53. The molecule has 0 aliphatic rings. The number of nitrogens with one attached hydrogen (secondary N) is 2. The highest BCUT2D eigenvalue weighted by Crippen LogP contribution is 2.13. The summed E-state index contributed by atoms with van der Waals surface area (Å²) in [6.45, 7) is 6.66. The third-order valence-corrected chi connectivity index (χ3v) is 3.01. The smallest absolute Gasteiger partial charge is 0.231 e. The molecule has 0 fully saturated rings. The summed E-state index contributed by atoms with van der Waals surface area (Å²) in [5.74, 6) is 1.66. The van der Waals surface area contributed by atoms with Gasteiger partial charge in [-0.15, -0.1) is 0 Å². The van der Waals surface area contributed by atoms with Crippen molar-refractivity contribution in [2.75, 3.05) is 55.9 Å². The topological polar surface area (TPSA) is 95.4 Å². The first-order valence-corrected chi connectivity index (χ1v) is 7.24. The fraction of sp³-hybridized carbons (Fsp3) is 0.769. The summed E-state index contributed by atoms with van der Waals surface area (Å²) in [6, 6.07) is 0. The van der Waals surface area contributed by atoms with E-state index < -0.39 is 6.10 Å². The SMILES string of the molecule is CCN(CC)c1nc(NC)nc(NCCC(O)COC)n1. The third kappa shape index (κ3) is 5.68. The monoisotopic (exact) mass is 298 g/mol. The van der Waals surface area contributed by atoms with Crippen LogP contribution in [0.5, 0.6) is 0 Å². The number of nitrogens with zero attached hydrogens (tertiary/aromatic N) is 4. The van der Waals surface area contributed by atoms with E-state index in [1.807, 2.05) is 4.90 Å². The van der Waals surface area contributed by atoms with Gasteiger partial charge < -0.3 is 25.4 Å². The summed E-state index contributed by atoms with van der Waals surface area (Å²) in [7, 11) is 3.34. The number of aliphatic hydroxyl groups excluding tert-OH is 1. The molecule has 0 saturated heterocycles. The molecule has 8 heteroatoms. The summed E-state index contributed by atoms with van der Waals surface area (Å²) in [6.07, 6.45) is 0.0741. The van der Waals surface area contributed by atoms with Crippen molar-refractivity contribution in [1.29, 1.82) is 0 Å². The van der Waals surface area contributed by atoms with Gasteiger partial charge in [0.05, 0.1) is 12.7 Å². The Balaban J connectivity index is 2.70. The van der Waals surface area contributed by atoms with Gasteiger partial charge in [-0.1, -0.05) is 0 Å². The largest absolute Gasteiger partial charge is 0.391 e. The van der Waals surface area contributed by atoms with Crippen molar-refractivity contribution in [1.82, 2.24) is 15.0 Å². The van der Waals surface area contributed by atoms with Crippen LogP contribution in [0, 0.1) is 0 Å².